The maximum absolute atomic E-state index is 8.70. The molecule has 3 nitrogen and oxygen atoms in total. The zero-order valence-corrected chi connectivity index (χ0v) is 8.83. The maximum atomic E-state index is 8.70. The Morgan fingerprint density at radius 3 is 2.93 bits per heavy atom. The number of hydrogen-bond donors (Lipinski definition) is 2. The van der Waals surface area contributed by atoms with E-state index >= 15 is 0 Å². The van der Waals surface area contributed by atoms with Crippen LogP contribution in [0.5, 0.6) is 0 Å². The zero-order valence-electron chi connectivity index (χ0n) is 8.83. The number of anilines is 2. The van der Waals surface area contributed by atoms with Crippen LogP contribution in [0.1, 0.15) is 25.3 Å². The van der Waals surface area contributed by atoms with Gasteiger partial charge in [0.05, 0.1) is 23.0 Å². The molecule has 0 spiro atoms. The molecule has 1 saturated carbocycles. The Morgan fingerprint density at radius 1 is 1.60 bits per heavy atom. The molecule has 0 radical (unpaired) electrons. The topological polar surface area (TPSA) is 61.8 Å². The predicted octanol–water partition coefficient (Wildman–Crippen LogP) is 2.35. The molecule has 3 heteroatoms. The summed E-state index contributed by atoms with van der Waals surface area (Å²) in [4.78, 5) is 0. The van der Waals surface area contributed by atoms with Crippen molar-refractivity contribution in [1.82, 2.24) is 0 Å². The number of nitriles is 1. The smallest absolute Gasteiger partial charge is 0.0992 e. The monoisotopic (exact) mass is 201 g/mol. The molecule has 0 saturated heterocycles. The van der Waals surface area contributed by atoms with E-state index in [1.165, 1.54) is 12.8 Å². The summed E-state index contributed by atoms with van der Waals surface area (Å²) in [5.41, 5.74) is 8.07. The van der Waals surface area contributed by atoms with Gasteiger partial charge in [-0.3, -0.25) is 0 Å². The van der Waals surface area contributed by atoms with Gasteiger partial charge in [-0.1, -0.05) is 13.3 Å². The summed E-state index contributed by atoms with van der Waals surface area (Å²) in [6.45, 7) is 2.20. The SMILES string of the molecule is CCC1CC1Nc1ccc(C#N)cc1N. The summed E-state index contributed by atoms with van der Waals surface area (Å²) < 4.78 is 0. The minimum absolute atomic E-state index is 0.574. The standard InChI is InChI=1S/C12H15N3/c1-2-9-6-12(9)15-11-4-3-8(7-13)5-10(11)14/h3-5,9,12,15H,2,6,14H2,1H3. The Labute approximate surface area is 89.9 Å². The molecule has 1 aromatic rings. The van der Waals surface area contributed by atoms with Crippen molar-refractivity contribution in [3.8, 4) is 6.07 Å². The van der Waals surface area contributed by atoms with Crippen LogP contribution < -0.4 is 11.1 Å². The van der Waals surface area contributed by atoms with E-state index in [1.54, 1.807) is 12.1 Å². The van der Waals surface area contributed by atoms with Gasteiger partial charge < -0.3 is 11.1 Å². The molecule has 15 heavy (non-hydrogen) atoms. The fourth-order valence-corrected chi connectivity index (χ4v) is 1.84. The normalized spacial score (nSPS) is 23.2. The van der Waals surface area contributed by atoms with E-state index in [-0.39, 0.29) is 0 Å². The van der Waals surface area contributed by atoms with E-state index in [1.807, 2.05) is 6.07 Å². The molecular weight excluding hydrogens is 186 g/mol. The van der Waals surface area contributed by atoms with Gasteiger partial charge in [0.1, 0.15) is 0 Å². The lowest BCUT2D eigenvalue weighted by atomic mass is 10.2. The molecule has 1 aliphatic carbocycles. The van der Waals surface area contributed by atoms with Crippen LogP contribution >= 0.6 is 0 Å². The minimum Gasteiger partial charge on any atom is -0.397 e. The second-order valence-corrected chi connectivity index (χ2v) is 4.07. The van der Waals surface area contributed by atoms with Gasteiger partial charge >= 0.3 is 0 Å². The number of benzene rings is 1. The molecule has 2 unspecified atom stereocenters. The van der Waals surface area contributed by atoms with Gasteiger partial charge in [0, 0.05) is 6.04 Å². The summed E-state index contributed by atoms with van der Waals surface area (Å²) in [5, 5.41) is 12.1. The van der Waals surface area contributed by atoms with Crippen LogP contribution in [-0.2, 0) is 0 Å². The molecule has 0 bridgehead atoms. The lowest BCUT2D eigenvalue weighted by Gasteiger charge is -2.08. The van der Waals surface area contributed by atoms with E-state index in [4.69, 9.17) is 11.0 Å². The van der Waals surface area contributed by atoms with Crippen LogP contribution in [-0.4, -0.2) is 6.04 Å². The van der Waals surface area contributed by atoms with Crippen LogP contribution in [0.2, 0.25) is 0 Å². The largest absolute Gasteiger partial charge is 0.397 e. The lowest BCUT2D eigenvalue weighted by Crippen LogP contribution is -2.06. The Kier molecular flexibility index (Phi) is 2.51. The van der Waals surface area contributed by atoms with Crippen molar-refractivity contribution in [3.63, 3.8) is 0 Å². The fourth-order valence-electron chi connectivity index (χ4n) is 1.84. The molecule has 0 aliphatic heterocycles. The third-order valence-electron chi connectivity index (χ3n) is 2.97. The second kappa shape index (κ2) is 3.82. The average molecular weight is 201 g/mol. The van der Waals surface area contributed by atoms with Gasteiger partial charge in [0.25, 0.3) is 0 Å². The minimum atomic E-state index is 0.574. The van der Waals surface area contributed by atoms with Crippen LogP contribution in [0.25, 0.3) is 0 Å². The molecule has 0 amide bonds. The van der Waals surface area contributed by atoms with Crippen molar-refractivity contribution in [2.75, 3.05) is 11.1 Å². The van der Waals surface area contributed by atoms with Crippen molar-refractivity contribution in [2.24, 2.45) is 5.92 Å². The van der Waals surface area contributed by atoms with E-state index < -0.39 is 0 Å². The first-order valence-electron chi connectivity index (χ1n) is 5.30. The Bertz CT molecular complexity index is 406. The first-order valence-corrected chi connectivity index (χ1v) is 5.30. The summed E-state index contributed by atoms with van der Waals surface area (Å²) in [6.07, 6.45) is 2.45. The van der Waals surface area contributed by atoms with Gasteiger partial charge in [0.15, 0.2) is 0 Å². The first-order chi connectivity index (χ1) is 7.24. The first kappa shape index (κ1) is 9.85. The van der Waals surface area contributed by atoms with E-state index in [0.717, 1.165) is 11.6 Å². The maximum Gasteiger partial charge on any atom is 0.0992 e. The van der Waals surface area contributed by atoms with Crippen LogP contribution in [0.15, 0.2) is 18.2 Å². The van der Waals surface area contributed by atoms with Crippen LogP contribution in [0.3, 0.4) is 0 Å². The summed E-state index contributed by atoms with van der Waals surface area (Å²) in [5.74, 6) is 0.792. The highest BCUT2D eigenvalue weighted by atomic mass is 15.0. The third kappa shape index (κ3) is 2.04. The van der Waals surface area contributed by atoms with Crippen LogP contribution in [0, 0.1) is 17.2 Å². The van der Waals surface area contributed by atoms with E-state index in [2.05, 4.69) is 18.3 Å². The number of nitrogens with two attached hydrogens (primary N) is 1. The number of nitrogens with zero attached hydrogens (tertiary/aromatic N) is 1. The van der Waals surface area contributed by atoms with Gasteiger partial charge in [0.2, 0.25) is 0 Å². The summed E-state index contributed by atoms with van der Waals surface area (Å²) in [6, 6.07) is 8.05. The molecular formula is C12H15N3. The Hall–Kier alpha value is -1.69. The summed E-state index contributed by atoms with van der Waals surface area (Å²) >= 11 is 0. The molecule has 2 rings (SSSR count). The van der Waals surface area contributed by atoms with Crippen molar-refractivity contribution in [1.29, 1.82) is 5.26 Å². The number of rotatable bonds is 3. The zero-order chi connectivity index (χ0) is 10.8. The van der Waals surface area contributed by atoms with E-state index in [0.29, 0.717) is 17.3 Å². The fraction of sp³-hybridized carbons (Fsp3) is 0.417. The van der Waals surface area contributed by atoms with Gasteiger partial charge in [-0.2, -0.15) is 5.26 Å². The van der Waals surface area contributed by atoms with Gasteiger partial charge in [-0.15, -0.1) is 0 Å². The molecule has 0 heterocycles. The quantitative estimate of drug-likeness (QED) is 0.738. The van der Waals surface area contributed by atoms with Crippen molar-refractivity contribution in [3.05, 3.63) is 23.8 Å². The molecule has 2 atom stereocenters. The third-order valence-corrected chi connectivity index (χ3v) is 2.97. The predicted molar refractivity (Wildman–Crippen MR) is 61.4 cm³/mol. The van der Waals surface area contributed by atoms with Gasteiger partial charge in [-0.05, 0) is 30.5 Å². The van der Waals surface area contributed by atoms with E-state index in [9.17, 15) is 0 Å². The highest BCUT2D eigenvalue weighted by Crippen LogP contribution is 2.37. The molecule has 1 aromatic carbocycles. The number of nitrogens with one attached hydrogen (secondary N) is 1. The second-order valence-electron chi connectivity index (χ2n) is 4.07. The average Bonchev–Trinajstić information content (AvgIpc) is 2.99. The number of nitrogen functional groups attached to an aromatic ring is 1. The Morgan fingerprint density at radius 2 is 2.40 bits per heavy atom. The summed E-state index contributed by atoms with van der Waals surface area (Å²) in [7, 11) is 0. The molecule has 0 aromatic heterocycles. The highest BCUT2D eigenvalue weighted by molar-refractivity contribution is 5.68. The van der Waals surface area contributed by atoms with Crippen molar-refractivity contribution >= 4 is 11.4 Å². The van der Waals surface area contributed by atoms with Crippen molar-refractivity contribution < 1.29 is 0 Å². The lowest BCUT2D eigenvalue weighted by molar-refractivity contribution is 0.775. The Balaban J connectivity index is 2.07. The van der Waals surface area contributed by atoms with Crippen LogP contribution in [0.4, 0.5) is 11.4 Å². The molecule has 1 fully saturated rings. The number of hydrogen-bond acceptors (Lipinski definition) is 3. The molecule has 1 aliphatic rings. The van der Waals surface area contributed by atoms with Crippen molar-refractivity contribution in [2.45, 2.75) is 25.8 Å². The van der Waals surface area contributed by atoms with Gasteiger partial charge in [-0.25, -0.2) is 0 Å². The molecule has 78 valence electrons. The highest BCUT2D eigenvalue weighted by Gasteiger charge is 2.35. The molecule has 3 N–H and O–H groups in total.